The second-order valence-electron chi connectivity index (χ2n) is 4.25. The van der Waals surface area contributed by atoms with Gasteiger partial charge in [0.25, 0.3) is 0 Å². The van der Waals surface area contributed by atoms with E-state index in [1.165, 1.54) is 4.90 Å². The Kier molecular flexibility index (Phi) is 3.36. The van der Waals surface area contributed by atoms with Crippen LogP contribution in [0.2, 0.25) is 5.02 Å². The maximum Gasteiger partial charge on any atom is 0.116 e. The molecule has 94 valence electrons. The highest BCUT2D eigenvalue weighted by molar-refractivity contribution is 7.99. The molecule has 0 fully saturated rings. The zero-order valence-corrected chi connectivity index (χ0v) is 11.6. The summed E-state index contributed by atoms with van der Waals surface area (Å²) in [4.78, 5) is 2.32. The Morgan fingerprint density at radius 1 is 0.737 bits per heavy atom. The van der Waals surface area contributed by atoms with Gasteiger partial charge in [0.1, 0.15) is 5.75 Å². The van der Waals surface area contributed by atoms with Crippen LogP contribution in [0.4, 0.5) is 0 Å². The average Bonchev–Trinajstić information content (AvgIpc) is 2.42. The van der Waals surface area contributed by atoms with Gasteiger partial charge in [0, 0.05) is 14.8 Å². The number of phenolic OH excluding ortho intramolecular Hbond substituents is 1. The predicted octanol–water partition coefficient (Wildman–Crippen LogP) is 5.35. The van der Waals surface area contributed by atoms with Crippen molar-refractivity contribution in [3.63, 3.8) is 0 Å². The highest BCUT2D eigenvalue weighted by Crippen LogP contribution is 2.31. The lowest BCUT2D eigenvalue weighted by Crippen LogP contribution is -1.76. The molecule has 0 bridgehead atoms. The van der Waals surface area contributed by atoms with Gasteiger partial charge in [0.2, 0.25) is 0 Å². The number of benzene rings is 3. The van der Waals surface area contributed by atoms with Gasteiger partial charge in [-0.1, -0.05) is 35.5 Å². The molecule has 0 aromatic heterocycles. The van der Waals surface area contributed by atoms with Crippen molar-refractivity contribution in [3.8, 4) is 5.75 Å². The van der Waals surface area contributed by atoms with Crippen LogP contribution in [-0.2, 0) is 0 Å². The lowest BCUT2D eigenvalue weighted by molar-refractivity contribution is 0.476. The Bertz CT molecular complexity index is 722. The molecule has 0 atom stereocenters. The summed E-state index contributed by atoms with van der Waals surface area (Å²) in [5.41, 5.74) is 0. The van der Waals surface area contributed by atoms with E-state index in [2.05, 4.69) is 12.1 Å². The maximum absolute atomic E-state index is 9.44. The third-order valence-corrected chi connectivity index (χ3v) is 4.09. The highest BCUT2D eigenvalue weighted by Gasteiger charge is 2.00. The van der Waals surface area contributed by atoms with Gasteiger partial charge in [0.05, 0.1) is 0 Å². The van der Waals surface area contributed by atoms with E-state index < -0.39 is 0 Å². The minimum Gasteiger partial charge on any atom is -0.508 e. The van der Waals surface area contributed by atoms with E-state index in [9.17, 15) is 5.11 Å². The Labute approximate surface area is 120 Å². The van der Waals surface area contributed by atoms with Crippen LogP contribution in [0.5, 0.6) is 5.75 Å². The van der Waals surface area contributed by atoms with E-state index in [0.717, 1.165) is 20.7 Å². The number of halogens is 1. The molecule has 0 aliphatic carbocycles. The van der Waals surface area contributed by atoms with E-state index in [0.29, 0.717) is 5.75 Å². The van der Waals surface area contributed by atoms with Gasteiger partial charge >= 0.3 is 0 Å². The fraction of sp³-hybridized carbons (Fsp3) is 0. The van der Waals surface area contributed by atoms with Crippen molar-refractivity contribution in [2.45, 2.75) is 9.79 Å². The van der Waals surface area contributed by atoms with Gasteiger partial charge < -0.3 is 5.11 Å². The first-order valence-electron chi connectivity index (χ1n) is 5.87. The largest absolute Gasteiger partial charge is 0.508 e. The molecule has 0 amide bonds. The van der Waals surface area contributed by atoms with E-state index in [-0.39, 0.29) is 0 Å². The number of hydrogen-bond acceptors (Lipinski definition) is 2. The third kappa shape index (κ3) is 2.86. The normalized spacial score (nSPS) is 10.8. The smallest absolute Gasteiger partial charge is 0.116 e. The number of hydrogen-bond donors (Lipinski definition) is 1. The van der Waals surface area contributed by atoms with Gasteiger partial charge in [0.15, 0.2) is 0 Å². The minimum absolute atomic E-state index is 0.297. The van der Waals surface area contributed by atoms with Crippen molar-refractivity contribution in [1.29, 1.82) is 0 Å². The molecule has 19 heavy (non-hydrogen) atoms. The fourth-order valence-corrected chi connectivity index (χ4v) is 2.91. The van der Waals surface area contributed by atoms with Crippen molar-refractivity contribution >= 4 is 34.1 Å². The Morgan fingerprint density at radius 2 is 1.37 bits per heavy atom. The summed E-state index contributed by atoms with van der Waals surface area (Å²) in [6.45, 7) is 0. The first-order valence-corrected chi connectivity index (χ1v) is 7.06. The molecule has 0 spiro atoms. The van der Waals surface area contributed by atoms with Crippen LogP contribution in [0.3, 0.4) is 0 Å². The number of phenols is 1. The van der Waals surface area contributed by atoms with Crippen LogP contribution in [0.1, 0.15) is 0 Å². The first-order chi connectivity index (χ1) is 9.20. The minimum atomic E-state index is 0.297. The maximum atomic E-state index is 9.44. The van der Waals surface area contributed by atoms with Crippen molar-refractivity contribution in [2.75, 3.05) is 0 Å². The van der Waals surface area contributed by atoms with E-state index in [4.69, 9.17) is 11.6 Å². The fourth-order valence-electron chi connectivity index (χ4n) is 1.91. The molecule has 3 heteroatoms. The molecule has 0 saturated heterocycles. The van der Waals surface area contributed by atoms with E-state index >= 15 is 0 Å². The summed E-state index contributed by atoms with van der Waals surface area (Å²) >= 11 is 7.57. The summed E-state index contributed by atoms with van der Waals surface area (Å²) in [5.74, 6) is 0.297. The van der Waals surface area contributed by atoms with E-state index in [1.54, 1.807) is 23.9 Å². The molecule has 0 saturated carbocycles. The Balaban J connectivity index is 1.93. The van der Waals surface area contributed by atoms with Gasteiger partial charge in [-0.2, -0.15) is 0 Å². The van der Waals surface area contributed by atoms with Gasteiger partial charge in [-0.25, -0.2) is 0 Å². The molecule has 3 aromatic carbocycles. The molecule has 0 radical (unpaired) electrons. The van der Waals surface area contributed by atoms with Crippen molar-refractivity contribution in [1.82, 2.24) is 0 Å². The van der Waals surface area contributed by atoms with Crippen molar-refractivity contribution < 1.29 is 5.11 Å². The van der Waals surface area contributed by atoms with Crippen LogP contribution in [0, 0.1) is 0 Å². The van der Waals surface area contributed by atoms with Gasteiger partial charge in [-0.15, -0.1) is 0 Å². The molecule has 1 N–H and O–H groups in total. The summed E-state index contributed by atoms with van der Waals surface area (Å²) in [5, 5.41) is 12.4. The third-order valence-electron chi connectivity index (χ3n) is 2.84. The zero-order valence-electron chi connectivity index (χ0n) is 10.0. The van der Waals surface area contributed by atoms with Crippen molar-refractivity contribution in [3.05, 3.63) is 65.7 Å². The number of rotatable bonds is 2. The summed E-state index contributed by atoms with van der Waals surface area (Å²) < 4.78 is 0. The Morgan fingerprint density at radius 3 is 2.16 bits per heavy atom. The summed E-state index contributed by atoms with van der Waals surface area (Å²) in [7, 11) is 0. The summed E-state index contributed by atoms with van der Waals surface area (Å²) in [6.07, 6.45) is 0. The van der Waals surface area contributed by atoms with Crippen molar-refractivity contribution in [2.24, 2.45) is 0 Å². The monoisotopic (exact) mass is 286 g/mol. The molecular weight excluding hydrogens is 276 g/mol. The molecule has 3 aromatic rings. The molecule has 3 rings (SSSR count). The van der Waals surface area contributed by atoms with Crippen LogP contribution >= 0.6 is 23.4 Å². The van der Waals surface area contributed by atoms with Gasteiger partial charge in [-0.05, 0) is 59.3 Å². The number of fused-ring (bicyclic) bond motifs is 1. The zero-order chi connectivity index (χ0) is 13.2. The SMILES string of the molecule is Oc1ccc2cc(Sc3ccc(Cl)cc3)ccc2c1. The second-order valence-corrected chi connectivity index (χ2v) is 5.83. The quantitative estimate of drug-likeness (QED) is 0.685. The topological polar surface area (TPSA) is 20.2 Å². The van der Waals surface area contributed by atoms with Crippen LogP contribution in [-0.4, -0.2) is 5.11 Å². The second kappa shape index (κ2) is 5.16. The van der Waals surface area contributed by atoms with Gasteiger partial charge in [-0.3, -0.25) is 0 Å². The molecule has 0 heterocycles. The van der Waals surface area contributed by atoms with Crippen LogP contribution < -0.4 is 0 Å². The molecule has 1 nitrogen and oxygen atoms in total. The molecular formula is C16H11ClOS. The predicted molar refractivity (Wildman–Crippen MR) is 81.2 cm³/mol. The molecule has 0 unspecified atom stereocenters. The lowest BCUT2D eigenvalue weighted by atomic mass is 10.1. The van der Waals surface area contributed by atoms with E-state index in [1.807, 2.05) is 36.4 Å². The lowest BCUT2D eigenvalue weighted by Gasteiger charge is -2.04. The first kappa shape index (κ1) is 12.4. The molecule has 0 aliphatic heterocycles. The number of aromatic hydroxyl groups is 1. The van der Waals surface area contributed by atoms with Crippen LogP contribution in [0.25, 0.3) is 10.8 Å². The molecule has 0 aliphatic rings. The Hall–Kier alpha value is -1.64. The highest BCUT2D eigenvalue weighted by atomic mass is 35.5. The average molecular weight is 287 g/mol. The standard InChI is InChI=1S/C16H11ClOS/c17-13-3-7-15(8-4-13)19-16-6-2-11-9-14(18)5-1-12(11)10-16/h1-10,18H. The van der Waals surface area contributed by atoms with Crippen LogP contribution in [0.15, 0.2) is 70.5 Å². The summed E-state index contributed by atoms with van der Waals surface area (Å²) in [6, 6.07) is 19.4.